The molecule has 1 atom stereocenters. The van der Waals surface area contributed by atoms with Crippen molar-refractivity contribution >= 4 is 5.91 Å². The quantitative estimate of drug-likeness (QED) is 0.810. The number of hydrogen-bond donors (Lipinski definition) is 2. The summed E-state index contributed by atoms with van der Waals surface area (Å²) in [5, 5.41) is 6.74. The Kier molecular flexibility index (Phi) is 4.00. The molecule has 104 valence electrons. The van der Waals surface area contributed by atoms with Gasteiger partial charge in [0.25, 0.3) is 0 Å². The van der Waals surface area contributed by atoms with Crippen LogP contribution in [0.3, 0.4) is 0 Å². The summed E-state index contributed by atoms with van der Waals surface area (Å²) in [4.78, 5) is 12.7. The topological polar surface area (TPSA) is 41.1 Å². The fourth-order valence-electron chi connectivity index (χ4n) is 3.52. The molecule has 1 amide bonds. The van der Waals surface area contributed by atoms with E-state index >= 15 is 0 Å². The second-order valence-electron chi connectivity index (χ2n) is 6.81. The lowest BCUT2D eigenvalue weighted by Crippen LogP contribution is -2.55. The normalized spacial score (nSPS) is 31.6. The molecule has 0 aromatic heterocycles. The van der Waals surface area contributed by atoms with Gasteiger partial charge in [0, 0.05) is 12.1 Å². The second-order valence-corrected chi connectivity index (χ2v) is 6.81. The molecule has 1 heterocycles. The lowest BCUT2D eigenvalue weighted by molar-refractivity contribution is -0.134. The van der Waals surface area contributed by atoms with Crippen LogP contribution in [0.5, 0.6) is 0 Å². The first-order valence-electron chi connectivity index (χ1n) is 7.52. The van der Waals surface area contributed by atoms with Crippen LogP contribution in [-0.4, -0.2) is 24.5 Å². The maximum absolute atomic E-state index is 12.7. The van der Waals surface area contributed by atoms with Crippen molar-refractivity contribution in [3.05, 3.63) is 0 Å². The van der Waals surface area contributed by atoms with Crippen molar-refractivity contribution in [3.8, 4) is 0 Å². The molecule has 0 spiro atoms. The maximum atomic E-state index is 12.7. The molecule has 2 aliphatic rings. The molecular weight excluding hydrogens is 224 g/mol. The third-order valence-corrected chi connectivity index (χ3v) is 5.12. The van der Waals surface area contributed by atoms with Gasteiger partial charge in [0.1, 0.15) is 0 Å². The smallest absolute Gasteiger partial charge is 0.228 e. The Bertz CT molecular complexity index is 300. The SMILES string of the molecule is CC(C)C1(C(=O)NC2(C)CCCCC2)CCNC1. The average Bonchev–Trinajstić information content (AvgIpc) is 2.79. The van der Waals surface area contributed by atoms with Gasteiger partial charge in [-0.15, -0.1) is 0 Å². The number of hydrogen-bond acceptors (Lipinski definition) is 2. The molecule has 18 heavy (non-hydrogen) atoms. The summed E-state index contributed by atoms with van der Waals surface area (Å²) >= 11 is 0. The number of carbonyl (C=O) groups is 1. The highest BCUT2D eigenvalue weighted by Crippen LogP contribution is 2.36. The van der Waals surface area contributed by atoms with Crippen molar-refractivity contribution in [2.45, 2.75) is 64.8 Å². The van der Waals surface area contributed by atoms with Gasteiger partial charge in [0.15, 0.2) is 0 Å². The summed E-state index contributed by atoms with van der Waals surface area (Å²) in [7, 11) is 0. The monoisotopic (exact) mass is 252 g/mol. The second kappa shape index (κ2) is 5.20. The van der Waals surface area contributed by atoms with Gasteiger partial charge in [-0.2, -0.15) is 0 Å². The standard InChI is InChI=1S/C15H28N2O/c1-12(2)15(9-10-16-11-15)13(18)17-14(3)7-5-4-6-8-14/h12,16H,4-11H2,1-3H3,(H,17,18). The van der Waals surface area contributed by atoms with Crippen molar-refractivity contribution < 1.29 is 4.79 Å². The zero-order valence-corrected chi connectivity index (χ0v) is 12.1. The zero-order valence-electron chi connectivity index (χ0n) is 12.1. The highest BCUT2D eigenvalue weighted by atomic mass is 16.2. The van der Waals surface area contributed by atoms with Crippen molar-refractivity contribution in [3.63, 3.8) is 0 Å². The lowest BCUT2D eigenvalue weighted by atomic mass is 9.74. The van der Waals surface area contributed by atoms with Gasteiger partial charge in [-0.25, -0.2) is 0 Å². The summed E-state index contributed by atoms with van der Waals surface area (Å²) in [5.41, 5.74) is -0.139. The van der Waals surface area contributed by atoms with Crippen LogP contribution in [0.1, 0.15) is 59.3 Å². The number of carbonyl (C=O) groups excluding carboxylic acids is 1. The van der Waals surface area contributed by atoms with Crippen molar-refractivity contribution in [2.75, 3.05) is 13.1 Å². The summed E-state index contributed by atoms with van der Waals surface area (Å²) in [6.07, 6.45) is 7.09. The third-order valence-electron chi connectivity index (χ3n) is 5.12. The lowest BCUT2D eigenvalue weighted by Gasteiger charge is -2.39. The minimum Gasteiger partial charge on any atom is -0.350 e. The molecule has 0 aromatic carbocycles. The van der Waals surface area contributed by atoms with E-state index in [0.29, 0.717) is 5.92 Å². The number of nitrogens with one attached hydrogen (secondary N) is 2. The van der Waals surface area contributed by atoms with Crippen molar-refractivity contribution in [1.29, 1.82) is 0 Å². The zero-order chi connectivity index (χ0) is 13.2. The Labute approximate surface area is 111 Å². The third kappa shape index (κ3) is 2.56. The van der Waals surface area contributed by atoms with Crippen LogP contribution < -0.4 is 10.6 Å². The van der Waals surface area contributed by atoms with Crippen LogP contribution in [0.4, 0.5) is 0 Å². The Morgan fingerprint density at radius 3 is 2.33 bits per heavy atom. The Morgan fingerprint density at radius 2 is 1.83 bits per heavy atom. The minimum absolute atomic E-state index is 0.0415. The molecule has 0 bridgehead atoms. The summed E-state index contributed by atoms with van der Waals surface area (Å²) in [5.74, 6) is 0.687. The van der Waals surface area contributed by atoms with Gasteiger partial charge in [-0.05, 0) is 38.6 Å². The van der Waals surface area contributed by atoms with Crippen LogP contribution in [0.2, 0.25) is 0 Å². The molecule has 1 aliphatic heterocycles. The molecule has 2 fully saturated rings. The molecule has 1 saturated heterocycles. The highest BCUT2D eigenvalue weighted by Gasteiger charge is 2.45. The van der Waals surface area contributed by atoms with Crippen LogP contribution in [0, 0.1) is 11.3 Å². The molecular formula is C15H28N2O. The largest absolute Gasteiger partial charge is 0.350 e. The van der Waals surface area contributed by atoms with Crippen molar-refractivity contribution in [1.82, 2.24) is 10.6 Å². The van der Waals surface area contributed by atoms with Gasteiger partial charge in [-0.1, -0.05) is 33.1 Å². The molecule has 1 unspecified atom stereocenters. The predicted molar refractivity (Wildman–Crippen MR) is 74.4 cm³/mol. The molecule has 3 heteroatoms. The Balaban J connectivity index is 2.05. The number of rotatable bonds is 3. The van der Waals surface area contributed by atoms with Crippen LogP contribution in [-0.2, 0) is 4.79 Å². The van der Waals surface area contributed by atoms with E-state index in [1.165, 1.54) is 19.3 Å². The van der Waals surface area contributed by atoms with E-state index in [0.717, 1.165) is 32.4 Å². The first-order valence-corrected chi connectivity index (χ1v) is 7.52. The van der Waals surface area contributed by atoms with E-state index in [4.69, 9.17) is 0 Å². The van der Waals surface area contributed by atoms with Crippen LogP contribution in [0.15, 0.2) is 0 Å². The minimum atomic E-state index is -0.180. The van der Waals surface area contributed by atoms with E-state index < -0.39 is 0 Å². The van der Waals surface area contributed by atoms with Gasteiger partial charge in [0.05, 0.1) is 5.41 Å². The van der Waals surface area contributed by atoms with E-state index in [2.05, 4.69) is 31.4 Å². The van der Waals surface area contributed by atoms with Crippen LogP contribution in [0.25, 0.3) is 0 Å². The first kappa shape index (κ1) is 13.9. The van der Waals surface area contributed by atoms with Crippen molar-refractivity contribution in [2.24, 2.45) is 11.3 Å². The fraction of sp³-hybridized carbons (Fsp3) is 0.933. The van der Waals surface area contributed by atoms with Gasteiger partial charge < -0.3 is 10.6 Å². The molecule has 0 aromatic rings. The molecule has 3 nitrogen and oxygen atoms in total. The summed E-state index contributed by atoms with van der Waals surface area (Å²) < 4.78 is 0. The van der Waals surface area contributed by atoms with E-state index in [-0.39, 0.29) is 16.9 Å². The molecule has 2 N–H and O–H groups in total. The summed E-state index contributed by atoms with van der Waals surface area (Å²) in [6, 6.07) is 0. The molecule has 2 rings (SSSR count). The van der Waals surface area contributed by atoms with E-state index in [1.807, 2.05) is 0 Å². The highest BCUT2D eigenvalue weighted by molar-refractivity contribution is 5.84. The van der Waals surface area contributed by atoms with E-state index in [9.17, 15) is 4.79 Å². The predicted octanol–water partition coefficient (Wildman–Crippen LogP) is 2.46. The van der Waals surface area contributed by atoms with E-state index in [1.54, 1.807) is 0 Å². The average molecular weight is 252 g/mol. The molecule has 0 radical (unpaired) electrons. The number of amides is 1. The van der Waals surface area contributed by atoms with Gasteiger partial charge in [-0.3, -0.25) is 4.79 Å². The Morgan fingerprint density at radius 1 is 1.17 bits per heavy atom. The molecule has 1 saturated carbocycles. The molecule has 1 aliphatic carbocycles. The van der Waals surface area contributed by atoms with Crippen LogP contribution >= 0.6 is 0 Å². The summed E-state index contributed by atoms with van der Waals surface area (Å²) in [6.45, 7) is 8.39. The van der Waals surface area contributed by atoms with Gasteiger partial charge >= 0.3 is 0 Å². The maximum Gasteiger partial charge on any atom is 0.228 e. The first-order chi connectivity index (χ1) is 8.49. The fourth-order valence-corrected chi connectivity index (χ4v) is 3.52. The van der Waals surface area contributed by atoms with Gasteiger partial charge in [0.2, 0.25) is 5.91 Å². The Hall–Kier alpha value is -0.570.